The second-order valence-electron chi connectivity index (χ2n) is 16.0. The summed E-state index contributed by atoms with van der Waals surface area (Å²) >= 11 is 6.88. The van der Waals surface area contributed by atoms with Crippen molar-refractivity contribution >= 4 is 31.8 Å². The Hall–Kier alpha value is -3.94. The normalized spacial score (nSPS) is 14.1. The van der Waals surface area contributed by atoms with E-state index in [1.807, 2.05) is 60.6 Å². The predicted molar refractivity (Wildman–Crippen MR) is 202 cm³/mol. The van der Waals surface area contributed by atoms with Crippen LogP contribution in [0.15, 0.2) is 22.7 Å². The Balaban J connectivity index is 1.48. The Morgan fingerprint density at radius 1 is 1.08 bits per heavy atom. The molecule has 0 aliphatic carbocycles. The Labute approximate surface area is 307 Å². The number of anilines is 1. The maximum atomic E-state index is 12.9. The molecule has 14 heteroatoms. The first-order valence-corrected chi connectivity index (χ1v) is 20.6. The van der Waals surface area contributed by atoms with Crippen molar-refractivity contribution in [1.82, 2.24) is 30.2 Å². The van der Waals surface area contributed by atoms with Gasteiger partial charge in [-0.1, -0.05) is 37.5 Å². The number of rotatable bonds is 10. The minimum atomic E-state index is -2.24. The number of carbonyl (C=O) groups excluding carboxylic acids is 1. The van der Waals surface area contributed by atoms with Crippen LogP contribution >= 0.6 is 11.6 Å². The topological polar surface area (TPSA) is 132 Å². The van der Waals surface area contributed by atoms with Gasteiger partial charge in [0, 0.05) is 30.3 Å². The van der Waals surface area contributed by atoms with Crippen molar-refractivity contribution in [3.8, 4) is 28.4 Å². The van der Waals surface area contributed by atoms with Gasteiger partial charge in [0.1, 0.15) is 29.5 Å². The van der Waals surface area contributed by atoms with E-state index < -0.39 is 26.1 Å². The first-order valence-electron chi connectivity index (χ1n) is 17.3. The summed E-state index contributed by atoms with van der Waals surface area (Å²) in [5.41, 5.74) is 6.44. The fraction of sp³-hybridized carbons (Fsp3) is 0.541. The van der Waals surface area contributed by atoms with Crippen LogP contribution in [0, 0.1) is 27.7 Å². The molecular weight excluding hydrogens is 686 g/mol. The van der Waals surface area contributed by atoms with Crippen LogP contribution in [0.5, 0.6) is 5.75 Å². The SMILES string of the molecule is Cc1n[nH]c2c1CN(c1nc(-c3cc(OCC(CN(C)C(=O)OC(C)(C)C)O[Si](C)(C)C(C)(C)C)ccc3Cl)nc(-c3c(C)noc3C)c1C)C2. The highest BCUT2D eigenvalue weighted by atomic mass is 35.5. The maximum absolute atomic E-state index is 12.9. The number of aryl methyl sites for hydroxylation is 3. The molecule has 0 saturated heterocycles. The van der Waals surface area contributed by atoms with Gasteiger partial charge in [0.15, 0.2) is 14.1 Å². The van der Waals surface area contributed by atoms with E-state index in [1.54, 1.807) is 18.0 Å². The molecule has 5 rings (SSSR count). The first-order chi connectivity index (χ1) is 23.6. The van der Waals surface area contributed by atoms with Gasteiger partial charge in [0.25, 0.3) is 0 Å². The zero-order valence-corrected chi connectivity index (χ0v) is 34.0. The number of nitrogens with zero attached hydrogens (tertiary/aromatic N) is 6. The monoisotopic (exact) mass is 737 g/mol. The number of hydrogen-bond donors (Lipinski definition) is 1. The number of hydrogen-bond acceptors (Lipinski definition) is 10. The highest BCUT2D eigenvalue weighted by Gasteiger charge is 2.40. The molecule has 4 heterocycles. The van der Waals surface area contributed by atoms with Crippen LogP contribution in [0.4, 0.5) is 10.6 Å². The minimum Gasteiger partial charge on any atom is -0.491 e. The summed E-state index contributed by atoms with van der Waals surface area (Å²) in [6.07, 6.45) is -0.834. The molecular formula is C37H52ClN7O5Si. The smallest absolute Gasteiger partial charge is 0.410 e. The van der Waals surface area contributed by atoms with Crippen LogP contribution in [0.1, 0.15) is 75.5 Å². The highest BCUT2D eigenvalue weighted by molar-refractivity contribution is 6.74. The molecule has 1 N–H and O–H groups in total. The molecule has 0 spiro atoms. The van der Waals surface area contributed by atoms with Gasteiger partial charge in [-0.05, 0) is 84.8 Å². The quantitative estimate of drug-likeness (QED) is 0.158. The lowest BCUT2D eigenvalue weighted by Gasteiger charge is -2.40. The number of amides is 1. The minimum absolute atomic E-state index is 0.0465. The Morgan fingerprint density at radius 2 is 1.78 bits per heavy atom. The predicted octanol–water partition coefficient (Wildman–Crippen LogP) is 8.57. The molecule has 1 aliphatic rings. The van der Waals surface area contributed by atoms with E-state index in [9.17, 15) is 4.79 Å². The van der Waals surface area contributed by atoms with Gasteiger partial charge in [-0.15, -0.1) is 0 Å². The number of halogens is 1. The van der Waals surface area contributed by atoms with Crippen LogP contribution in [0.2, 0.25) is 23.2 Å². The molecule has 1 unspecified atom stereocenters. The Bertz CT molecular complexity index is 1890. The zero-order chi connectivity index (χ0) is 37.6. The van der Waals surface area contributed by atoms with E-state index in [-0.39, 0.29) is 11.6 Å². The number of carbonyl (C=O) groups is 1. The second kappa shape index (κ2) is 14.2. The van der Waals surface area contributed by atoms with Crippen molar-refractivity contribution in [3.63, 3.8) is 0 Å². The summed E-state index contributed by atoms with van der Waals surface area (Å²) in [5, 5.41) is 12.2. The number of benzene rings is 1. The largest absolute Gasteiger partial charge is 0.491 e. The standard InChI is InChI=1S/C37H52ClN7O5Si/c1-21-32(31-23(3)43-49-24(31)4)39-33(40-34(21)45-18-28-22(2)41-42-30(28)19-45)27-16-25(14-15-29(27)38)47-20-26(50-51(12,13)37(8,9)10)17-44(11)35(46)48-36(5,6)7/h14-16,26H,17-20H2,1-13H3,(H,41,42). The van der Waals surface area contributed by atoms with Crippen molar-refractivity contribution in [2.24, 2.45) is 0 Å². The third kappa shape index (κ3) is 8.42. The molecule has 4 aromatic rings. The number of fused-ring (bicyclic) bond motifs is 1. The van der Waals surface area contributed by atoms with E-state index in [2.05, 4.69) is 54.1 Å². The van der Waals surface area contributed by atoms with Crippen LogP contribution < -0.4 is 9.64 Å². The average molecular weight is 738 g/mol. The summed E-state index contributed by atoms with van der Waals surface area (Å²) in [5.74, 6) is 2.48. The summed E-state index contributed by atoms with van der Waals surface area (Å²) < 4.78 is 24.4. The highest BCUT2D eigenvalue weighted by Crippen LogP contribution is 2.40. The fourth-order valence-electron chi connectivity index (χ4n) is 5.82. The molecule has 0 saturated carbocycles. The molecule has 0 bridgehead atoms. The maximum Gasteiger partial charge on any atom is 0.410 e. The molecule has 12 nitrogen and oxygen atoms in total. The Morgan fingerprint density at radius 3 is 2.39 bits per heavy atom. The van der Waals surface area contributed by atoms with E-state index in [0.717, 1.165) is 39.7 Å². The molecule has 3 aromatic heterocycles. The molecule has 51 heavy (non-hydrogen) atoms. The van der Waals surface area contributed by atoms with Gasteiger partial charge in [0.2, 0.25) is 0 Å². The zero-order valence-electron chi connectivity index (χ0n) is 32.2. The first kappa shape index (κ1) is 38.3. The van der Waals surface area contributed by atoms with E-state index in [4.69, 9.17) is 40.0 Å². The number of nitrogens with one attached hydrogen (secondary N) is 1. The summed E-state index contributed by atoms with van der Waals surface area (Å²) in [4.78, 5) is 26.9. The van der Waals surface area contributed by atoms with Gasteiger partial charge in [-0.3, -0.25) is 5.10 Å². The van der Waals surface area contributed by atoms with Gasteiger partial charge < -0.3 is 28.2 Å². The third-order valence-electron chi connectivity index (χ3n) is 9.61. The van der Waals surface area contributed by atoms with Gasteiger partial charge >= 0.3 is 6.09 Å². The lowest BCUT2D eigenvalue weighted by molar-refractivity contribution is 0.0172. The molecule has 1 aromatic carbocycles. The lowest BCUT2D eigenvalue weighted by atomic mass is 10.0. The number of likely N-dealkylation sites (N-methyl/N-ethyl adjacent to an activating group) is 1. The second-order valence-corrected chi connectivity index (χ2v) is 21.1. The van der Waals surface area contributed by atoms with E-state index in [0.29, 0.717) is 47.6 Å². The summed E-state index contributed by atoms with van der Waals surface area (Å²) in [6.45, 7) is 26.1. The molecule has 1 atom stereocenters. The van der Waals surface area contributed by atoms with Crippen LogP contribution in [0.25, 0.3) is 22.6 Å². The summed E-state index contributed by atoms with van der Waals surface area (Å²) in [6, 6.07) is 5.46. The van der Waals surface area contributed by atoms with Crippen molar-refractivity contribution in [2.75, 3.05) is 25.1 Å². The summed E-state index contributed by atoms with van der Waals surface area (Å²) in [7, 11) is -0.523. The number of aromatic amines is 1. The van der Waals surface area contributed by atoms with Crippen LogP contribution in [-0.2, 0) is 22.3 Å². The lowest BCUT2D eigenvalue weighted by Crippen LogP contribution is -2.49. The molecule has 1 amide bonds. The molecule has 276 valence electrons. The van der Waals surface area contributed by atoms with E-state index >= 15 is 0 Å². The van der Waals surface area contributed by atoms with Crippen molar-refractivity contribution < 1.29 is 23.2 Å². The van der Waals surface area contributed by atoms with Gasteiger partial charge in [-0.25, -0.2) is 14.8 Å². The molecule has 1 aliphatic heterocycles. The number of ether oxygens (including phenoxy) is 2. The van der Waals surface area contributed by atoms with Crippen LogP contribution in [0.3, 0.4) is 0 Å². The van der Waals surface area contributed by atoms with Crippen molar-refractivity contribution in [3.05, 3.63) is 57.2 Å². The Kier molecular flexibility index (Phi) is 10.7. The van der Waals surface area contributed by atoms with Gasteiger partial charge in [0.05, 0.1) is 52.6 Å². The third-order valence-corrected chi connectivity index (χ3v) is 14.5. The number of aromatic nitrogens is 5. The fourth-order valence-corrected chi connectivity index (χ4v) is 7.35. The van der Waals surface area contributed by atoms with Crippen LogP contribution in [-0.4, -0.2) is 76.5 Å². The molecule has 0 fully saturated rings. The number of H-pyrrole nitrogens is 1. The van der Waals surface area contributed by atoms with Crippen molar-refractivity contribution in [2.45, 2.75) is 112 Å². The van der Waals surface area contributed by atoms with Gasteiger partial charge in [-0.2, -0.15) is 5.10 Å². The van der Waals surface area contributed by atoms with Crippen molar-refractivity contribution in [1.29, 1.82) is 0 Å². The average Bonchev–Trinajstić information content (AvgIpc) is 3.70. The van der Waals surface area contributed by atoms with E-state index in [1.165, 1.54) is 5.56 Å². The molecule has 0 radical (unpaired) electrons.